The van der Waals surface area contributed by atoms with E-state index >= 15 is 0 Å². The average molecular weight is 266 g/mol. The molecular formula is C14H26N4O. The predicted octanol–water partition coefficient (Wildman–Crippen LogP) is 2.16. The number of rotatable bonds is 7. The van der Waals surface area contributed by atoms with Crippen LogP contribution in [0.1, 0.15) is 57.2 Å². The molecule has 0 amide bonds. The summed E-state index contributed by atoms with van der Waals surface area (Å²) in [5.74, 6) is 2.11. The molecule has 19 heavy (non-hydrogen) atoms. The summed E-state index contributed by atoms with van der Waals surface area (Å²) in [6.07, 6.45) is 4.68. The number of nitrogens with one attached hydrogen (secondary N) is 1. The number of piperazine rings is 1. The predicted molar refractivity (Wildman–Crippen MR) is 75.0 cm³/mol. The van der Waals surface area contributed by atoms with Crippen LogP contribution in [0.5, 0.6) is 0 Å². The molecule has 108 valence electrons. The normalized spacial score (nSPS) is 18.6. The second kappa shape index (κ2) is 7.60. The molecule has 0 aromatic carbocycles. The molecule has 1 aromatic heterocycles. The zero-order valence-electron chi connectivity index (χ0n) is 12.2. The van der Waals surface area contributed by atoms with Gasteiger partial charge in [0, 0.05) is 32.1 Å². The van der Waals surface area contributed by atoms with Crippen LogP contribution in [0.3, 0.4) is 0 Å². The van der Waals surface area contributed by atoms with E-state index in [0.29, 0.717) is 5.92 Å². The Morgan fingerprint density at radius 2 is 2.11 bits per heavy atom. The lowest BCUT2D eigenvalue weighted by atomic mass is 9.99. The van der Waals surface area contributed by atoms with E-state index in [-0.39, 0.29) is 0 Å². The van der Waals surface area contributed by atoms with Crippen molar-refractivity contribution < 1.29 is 4.52 Å². The van der Waals surface area contributed by atoms with Gasteiger partial charge in [-0.1, -0.05) is 31.8 Å². The second-order valence-electron chi connectivity index (χ2n) is 5.32. The van der Waals surface area contributed by atoms with Crippen LogP contribution in [-0.4, -0.2) is 41.2 Å². The molecule has 1 unspecified atom stereocenters. The molecule has 1 aromatic rings. The van der Waals surface area contributed by atoms with E-state index in [9.17, 15) is 0 Å². The SMILES string of the molecule is CCCCC(CC)c1nc(CN2CCNCC2)no1. The zero-order chi connectivity index (χ0) is 13.5. The Labute approximate surface area is 115 Å². The Balaban J connectivity index is 1.89. The van der Waals surface area contributed by atoms with E-state index in [2.05, 4.69) is 34.2 Å². The number of hydrogen-bond donors (Lipinski definition) is 1. The standard InChI is InChI=1S/C14H26N4O/c1-3-5-6-12(4-2)14-16-13(17-19-14)11-18-9-7-15-8-10-18/h12,15H,3-11H2,1-2H3. The van der Waals surface area contributed by atoms with Crippen LogP contribution >= 0.6 is 0 Å². The minimum Gasteiger partial charge on any atom is -0.339 e. The van der Waals surface area contributed by atoms with Crippen LogP contribution in [0.25, 0.3) is 0 Å². The zero-order valence-corrected chi connectivity index (χ0v) is 12.2. The largest absolute Gasteiger partial charge is 0.339 e. The van der Waals surface area contributed by atoms with Crippen LogP contribution < -0.4 is 5.32 Å². The molecule has 0 bridgehead atoms. The first-order valence-electron chi connectivity index (χ1n) is 7.59. The highest BCUT2D eigenvalue weighted by molar-refractivity contribution is 4.94. The molecule has 1 aliphatic heterocycles. The fraction of sp³-hybridized carbons (Fsp3) is 0.857. The van der Waals surface area contributed by atoms with E-state index in [0.717, 1.165) is 57.3 Å². The Morgan fingerprint density at radius 3 is 2.79 bits per heavy atom. The molecule has 0 aliphatic carbocycles. The third-order valence-corrected chi connectivity index (χ3v) is 3.81. The third-order valence-electron chi connectivity index (χ3n) is 3.81. The molecule has 1 saturated heterocycles. The highest BCUT2D eigenvalue weighted by atomic mass is 16.5. The highest BCUT2D eigenvalue weighted by Gasteiger charge is 2.18. The first-order valence-corrected chi connectivity index (χ1v) is 7.59. The van der Waals surface area contributed by atoms with Gasteiger partial charge in [-0.15, -0.1) is 0 Å². The average Bonchev–Trinajstić information content (AvgIpc) is 2.89. The van der Waals surface area contributed by atoms with Gasteiger partial charge in [0.05, 0.1) is 6.54 Å². The summed E-state index contributed by atoms with van der Waals surface area (Å²) in [5, 5.41) is 7.49. The lowest BCUT2D eigenvalue weighted by Crippen LogP contribution is -2.43. The molecule has 1 fully saturated rings. The maximum Gasteiger partial charge on any atom is 0.229 e. The summed E-state index contributed by atoms with van der Waals surface area (Å²) in [5.41, 5.74) is 0. The molecular weight excluding hydrogens is 240 g/mol. The summed E-state index contributed by atoms with van der Waals surface area (Å²) in [4.78, 5) is 6.96. The maximum absolute atomic E-state index is 5.45. The molecule has 0 saturated carbocycles. The van der Waals surface area contributed by atoms with Gasteiger partial charge in [0.2, 0.25) is 5.89 Å². The number of unbranched alkanes of at least 4 members (excludes halogenated alkanes) is 1. The van der Waals surface area contributed by atoms with Crippen molar-refractivity contribution in [3.8, 4) is 0 Å². The fourth-order valence-corrected chi connectivity index (χ4v) is 2.52. The molecule has 5 nitrogen and oxygen atoms in total. The van der Waals surface area contributed by atoms with Gasteiger partial charge in [0.15, 0.2) is 5.82 Å². The monoisotopic (exact) mass is 266 g/mol. The summed E-state index contributed by atoms with van der Waals surface area (Å²) >= 11 is 0. The van der Waals surface area contributed by atoms with E-state index in [1.165, 1.54) is 12.8 Å². The molecule has 1 N–H and O–H groups in total. The minimum atomic E-state index is 0.434. The van der Waals surface area contributed by atoms with Crippen molar-refractivity contribution in [2.45, 2.75) is 52.0 Å². The Kier molecular flexibility index (Phi) is 5.79. The van der Waals surface area contributed by atoms with Gasteiger partial charge in [-0.25, -0.2) is 0 Å². The van der Waals surface area contributed by atoms with Gasteiger partial charge in [-0.3, -0.25) is 4.90 Å². The summed E-state index contributed by atoms with van der Waals surface area (Å²) < 4.78 is 5.45. The molecule has 2 heterocycles. The Bertz CT molecular complexity index is 360. The van der Waals surface area contributed by atoms with E-state index in [4.69, 9.17) is 4.52 Å². The molecule has 1 aliphatic rings. The second-order valence-corrected chi connectivity index (χ2v) is 5.32. The quantitative estimate of drug-likeness (QED) is 0.819. The van der Waals surface area contributed by atoms with Gasteiger partial charge in [-0.2, -0.15) is 4.98 Å². The van der Waals surface area contributed by atoms with Gasteiger partial charge in [0.25, 0.3) is 0 Å². The molecule has 0 spiro atoms. The van der Waals surface area contributed by atoms with E-state index in [1.54, 1.807) is 0 Å². The van der Waals surface area contributed by atoms with Crippen LogP contribution in [0.4, 0.5) is 0 Å². The number of nitrogens with zero attached hydrogens (tertiary/aromatic N) is 3. The molecule has 1 atom stereocenters. The summed E-state index contributed by atoms with van der Waals surface area (Å²) in [6, 6.07) is 0. The van der Waals surface area contributed by atoms with Crippen molar-refractivity contribution in [2.75, 3.05) is 26.2 Å². The van der Waals surface area contributed by atoms with Crippen LogP contribution in [0.15, 0.2) is 4.52 Å². The summed E-state index contributed by atoms with van der Waals surface area (Å²) in [7, 11) is 0. The van der Waals surface area contributed by atoms with E-state index in [1.807, 2.05) is 0 Å². The van der Waals surface area contributed by atoms with Gasteiger partial charge < -0.3 is 9.84 Å². The molecule has 2 rings (SSSR count). The first kappa shape index (κ1) is 14.5. The minimum absolute atomic E-state index is 0.434. The van der Waals surface area contributed by atoms with Crippen molar-refractivity contribution >= 4 is 0 Å². The highest BCUT2D eigenvalue weighted by Crippen LogP contribution is 2.24. The van der Waals surface area contributed by atoms with Crippen LogP contribution in [0.2, 0.25) is 0 Å². The first-order chi connectivity index (χ1) is 9.33. The Morgan fingerprint density at radius 1 is 1.32 bits per heavy atom. The van der Waals surface area contributed by atoms with E-state index < -0.39 is 0 Å². The molecule has 5 heteroatoms. The number of aromatic nitrogens is 2. The van der Waals surface area contributed by atoms with Crippen molar-refractivity contribution in [1.29, 1.82) is 0 Å². The summed E-state index contributed by atoms with van der Waals surface area (Å²) in [6.45, 7) is 9.47. The van der Waals surface area contributed by atoms with Crippen molar-refractivity contribution in [3.05, 3.63) is 11.7 Å². The van der Waals surface area contributed by atoms with Crippen molar-refractivity contribution in [3.63, 3.8) is 0 Å². The molecule has 0 radical (unpaired) electrons. The van der Waals surface area contributed by atoms with Crippen LogP contribution in [0, 0.1) is 0 Å². The number of hydrogen-bond acceptors (Lipinski definition) is 5. The van der Waals surface area contributed by atoms with Crippen molar-refractivity contribution in [2.24, 2.45) is 0 Å². The fourth-order valence-electron chi connectivity index (χ4n) is 2.52. The Hall–Kier alpha value is -0.940. The van der Waals surface area contributed by atoms with Crippen LogP contribution in [-0.2, 0) is 6.54 Å². The lowest BCUT2D eigenvalue weighted by Gasteiger charge is -2.25. The van der Waals surface area contributed by atoms with Gasteiger partial charge in [-0.05, 0) is 12.8 Å². The van der Waals surface area contributed by atoms with Gasteiger partial charge in [0.1, 0.15) is 0 Å². The van der Waals surface area contributed by atoms with Crippen molar-refractivity contribution in [1.82, 2.24) is 20.4 Å². The lowest BCUT2D eigenvalue weighted by molar-refractivity contribution is 0.224. The third kappa shape index (κ3) is 4.28. The topological polar surface area (TPSA) is 54.2 Å². The maximum atomic E-state index is 5.45. The van der Waals surface area contributed by atoms with Gasteiger partial charge >= 0.3 is 0 Å². The smallest absolute Gasteiger partial charge is 0.229 e.